The van der Waals surface area contributed by atoms with Crippen molar-refractivity contribution in [2.45, 2.75) is 62.3 Å². The maximum atomic E-state index is 2.53. The highest BCUT2D eigenvalue weighted by atomic mass is 14.9. The molecular formula is C15H28. The van der Waals surface area contributed by atoms with Gasteiger partial charge in [-0.3, -0.25) is 0 Å². The van der Waals surface area contributed by atoms with Crippen molar-refractivity contribution in [2.75, 3.05) is 0 Å². The second-order valence-corrected chi connectivity index (χ2v) is 8.02. The summed E-state index contributed by atoms with van der Waals surface area (Å²) in [6.07, 6.45) is 0. The summed E-state index contributed by atoms with van der Waals surface area (Å²) >= 11 is 0. The van der Waals surface area contributed by atoms with Gasteiger partial charge in [-0.15, -0.1) is 0 Å². The van der Waals surface area contributed by atoms with Crippen LogP contribution in [0, 0.1) is 33.0 Å². The second kappa shape index (κ2) is 2.17. The first-order valence-electron chi connectivity index (χ1n) is 6.40. The van der Waals surface area contributed by atoms with E-state index in [1.54, 1.807) is 0 Å². The molecule has 0 aliphatic heterocycles. The molecule has 0 spiro atoms. The summed E-state index contributed by atoms with van der Waals surface area (Å²) in [5, 5.41) is 0. The van der Waals surface area contributed by atoms with Crippen LogP contribution in [0.3, 0.4) is 0 Å². The summed E-state index contributed by atoms with van der Waals surface area (Å²) in [5.74, 6) is 0.832. The fourth-order valence-corrected chi connectivity index (χ4v) is 6.01. The SMILES string of the molecule is CC1C(C)(C)C2(C)C(C)(C)C(C)(C)C12C. The molecule has 0 heterocycles. The van der Waals surface area contributed by atoms with Gasteiger partial charge in [0, 0.05) is 0 Å². The van der Waals surface area contributed by atoms with Gasteiger partial charge in [0.05, 0.1) is 0 Å². The summed E-state index contributed by atoms with van der Waals surface area (Å²) in [6, 6.07) is 0. The largest absolute Gasteiger partial charge is 0.0614 e. The Kier molecular flexibility index (Phi) is 1.66. The Morgan fingerprint density at radius 2 is 1.07 bits per heavy atom. The predicted molar refractivity (Wildman–Crippen MR) is 66.7 cm³/mol. The molecule has 88 valence electrons. The molecule has 0 saturated heterocycles. The Morgan fingerprint density at radius 3 is 1.40 bits per heavy atom. The van der Waals surface area contributed by atoms with Gasteiger partial charge in [-0.05, 0) is 33.0 Å². The van der Waals surface area contributed by atoms with E-state index in [9.17, 15) is 0 Å². The summed E-state index contributed by atoms with van der Waals surface area (Å²) in [5.41, 5.74) is 2.41. The van der Waals surface area contributed by atoms with Crippen molar-refractivity contribution in [1.29, 1.82) is 0 Å². The van der Waals surface area contributed by atoms with Crippen molar-refractivity contribution in [3.05, 3.63) is 0 Å². The molecule has 3 atom stereocenters. The highest BCUT2D eigenvalue weighted by Gasteiger charge is 2.88. The quantitative estimate of drug-likeness (QED) is 0.539. The van der Waals surface area contributed by atoms with Crippen molar-refractivity contribution < 1.29 is 0 Å². The van der Waals surface area contributed by atoms with Gasteiger partial charge >= 0.3 is 0 Å². The van der Waals surface area contributed by atoms with E-state index in [0.717, 1.165) is 5.92 Å². The lowest BCUT2D eigenvalue weighted by Crippen LogP contribution is -2.88. The maximum Gasteiger partial charge on any atom is -0.0153 e. The third-order valence-corrected chi connectivity index (χ3v) is 8.39. The Morgan fingerprint density at radius 1 is 0.667 bits per heavy atom. The zero-order valence-corrected chi connectivity index (χ0v) is 12.1. The van der Waals surface area contributed by atoms with E-state index in [2.05, 4.69) is 62.3 Å². The van der Waals surface area contributed by atoms with Crippen LogP contribution in [-0.4, -0.2) is 0 Å². The lowest BCUT2D eigenvalue weighted by molar-refractivity contribution is -0.455. The fourth-order valence-electron chi connectivity index (χ4n) is 6.01. The van der Waals surface area contributed by atoms with Crippen molar-refractivity contribution in [1.82, 2.24) is 0 Å². The van der Waals surface area contributed by atoms with Gasteiger partial charge in [-0.1, -0.05) is 62.3 Å². The summed E-state index contributed by atoms with van der Waals surface area (Å²) in [6.45, 7) is 22.3. The van der Waals surface area contributed by atoms with Crippen LogP contribution in [0.4, 0.5) is 0 Å². The normalized spacial score (nSPS) is 53.8. The average Bonchev–Trinajstić information content (AvgIpc) is 2.12. The van der Waals surface area contributed by atoms with Crippen LogP contribution in [0.25, 0.3) is 0 Å². The number of fused-ring (bicyclic) bond motifs is 1. The van der Waals surface area contributed by atoms with Crippen LogP contribution in [0.15, 0.2) is 0 Å². The van der Waals surface area contributed by atoms with Crippen LogP contribution in [0.5, 0.6) is 0 Å². The molecule has 0 amide bonds. The van der Waals surface area contributed by atoms with E-state index in [-0.39, 0.29) is 0 Å². The molecule has 0 aromatic heterocycles. The van der Waals surface area contributed by atoms with Crippen LogP contribution in [0.1, 0.15) is 62.3 Å². The minimum atomic E-state index is 0.449. The van der Waals surface area contributed by atoms with Gasteiger partial charge in [0.15, 0.2) is 0 Å². The fraction of sp³-hybridized carbons (Fsp3) is 1.00. The van der Waals surface area contributed by atoms with Crippen molar-refractivity contribution in [3.8, 4) is 0 Å². The maximum absolute atomic E-state index is 2.53. The van der Waals surface area contributed by atoms with Gasteiger partial charge in [0.25, 0.3) is 0 Å². The van der Waals surface area contributed by atoms with E-state index in [0.29, 0.717) is 27.1 Å². The average molecular weight is 208 g/mol. The van der Waals surface area contributed by atoms with E-state index < -0.39 is 0 Å². The molecule has 2 rings (SSSR count). The Labute approximate surface area is 95.8 Å². The third-order valence-electron chi connectivity index (χ3n) is 8.39. The van der Waals surface area contributed by atoms with Crippen LogP contribution in [-0.2, 0) is 0 Å². The third kappa shape index (κ3) is 0.620. The molecule has 2 aliphatic carbocycles. The molecule has 2 fully saturated rings. The number of rotatable bonds is 0. The molecule has 0 aromatic rings. The van der Waals surface area contributed by atoms with Crippen molar-refractivity contribution >= 4 is 0 Å². The highest BCUT2D eigenvalue weighted by Crippen LogP contribution is 2.93. The smallest absolute Gasteiger partial charge is 0.0153 e. The molecule has 3 unspecified atom stereocenters. The standard InChI is InChI=1S/C15H28/c1-10-11(2,3)15(9)13(6,7)12(4,5)14(10,15)8/h10H,1-9H3. The van der Waals surface area contributed by atoms with Crippen LogP contribution < -0.4 is 0 Å². The Hall–Kier alpha value is 0. The van der Waals surface area contributed by atoms with E-state index in [1.165, 1.54) is 0 Å². The summed E-state index contributed by atoms with van der Waals surface area (Å²) in [4.78, 5) is 0. The molecule has 0 nitrogen and oxygen atoms in total. The molecule has 15 heavy (non-hydrogen) atoms. The van der Waals surface area contributed by atoms with E-state index in [4.69, 9.17) is 0 Å². The molecule has 0 radical (unpaired) electrons. The lowest BCUT2D eigenvalue weighted by Gasteiger charge is -2.92. The molecule has 2 saturated carbocycles. The van der Waals surface area contributed by atoms with Crippen molar-refractivity contribution in [2.24, 2.45) is 33.0 Å². The van der Waals surface area contributed by atoms with Gasteiger partial charge < -0.3 is 0 Å². The zero-order chi connectivity index (χ0) is 12.1. The van der Waals surface area contributed by atoms with E-state index in [1.807, 2.05) is 0 Å². The molecule has 0 heteroatoms. The van der Waals surface area contributed by atoms with Crippen molar-refractivity contribution in [3.63, 3.8) is 0 Å². The van der Waals surface area contributed by atoms with Crippen LogP contribution >= 0.6 is 0 Å². The highest BCUT2D eigenvalue weighted by molar-refractivity contribution is 5.35. The lowest BCUT2D eigenvalue weighted by atomic mass is 9.11. The van der Waals surface area contributed by atoms with E-state index >= 15 is 0 Å². The molecule has 0 bridgehead atoms. The monoisotopic (exact) mass is 208 g/mol. The topological polar surface area (TPSA) is 0 Å². The predicted octanol–water partition coefficient (Wildman–Crippen LogP) is 4.74. The first-order chi connectivity index (χ1) is 6.40. The molecule has 0 N–H and O–H groups in total. The second-order valence-electron chi connectivity index (χ2n) is 8.02. The molecule has 0 aromatic carbocycles. The minimum absolute atomic E-state index is 0.449. The zero-order valence-electron chi connectivity index (χ0n) is 12.1. The minimum Gasteiger partial charge on any atom is -0.0614 e. The molecular weight excluding hydrogens is 180 g/mol. The number of hydrogen-bond donors (Lipinski definition) is 0. The summed E-state index contributed by atoms with van der Waals surface area (Å²) < 4.78 is 0. The Bertz CT molecular complexity index is 321. The van der Waals surface area contributed by atoms with Gasteiger partial charge in [0.1, 0.15) is 0 Å². The van der Waals surface area contributed by atoms with Gasteiger partial charge in [-0.25, -0.2) is 0 Å². The van der Waals surface area contributed by atoms with Gasteiger partial charge in [0.2, 0.25) is 0 Å². The number of hydrogen-bond acceptors (Lipinski definition) is 0. The first kappa shape index (κ1) is 11.5. The Balaban J connectivity index is 2.58. The van der Waals surface area contributed by atoms with Crippen LogP contribution in [0.2, 0.25) is 0 Å². The van der Waals surface area contributed by atoms with Gasteiger partial charge in [-0.2, -0.15) is 0 Å². The summed E-state index contributed by atoms with van der Waals surface area (Å²) in [7, 11) is 0. The first-order valence-corrected chi connectivity index (χ1v) is 6.40. The molecule has 2 aliphatic rings.